The van der Waals surface area contributed by atoms with Crippen molar-refractivity contribution in [3.8, 4) is 23.0 Å². The number of ether oxygens (including phenoxy) is 1. The number of benzene rings is 1. The summed E-state index contributed by atoms with van der Waals surface area (Å²) in [5.41, 5.74) is 3.55. The minimum Gasteiger partial charge on any atom is -0.431 e. The number of nitrogens with zero attached hydrogens (tertiary/aromatic N) is 4. The second-order valence-corrected chi connectivity index (χ2v) is 6.38. The predicted octanol–water partition coefficient (Wildman–Crippen LogP) is 4.29. The first-order valence-corrected chi connectivity index (χ1v) is 8.91. The molecule has 0 unspecified atom stereocenters. The fourth-order valence-corrected chi connectivity index (χ4v) is 3.23. The summed E-state index contributed by atoms with van der Waals surface area (Å²) in [7, 11) is 0. The number of nitro benzene ring substituents is 1. The fourth-order valence-electron chi connectivity index (χ4n) is 3.23. The van der Waals surface area contributed by atoms with Crippen LogP contribution in [-0.4, -0.2) is 19.9 Å². The van der Waals surface area contributed by atoms with E-state index < -0.39 is 4.92 Å². The summed E-state index contributed by atoms with van der Waals surface area (Å²) in [6.07, 6.45) is 6.71. The smallest absolute Gasteiger partial charge is 0.311 e. The lowest BCUT2D eigenvalue weighted by molar-refractivity contribution is -0.385. The summed E-state index contributed by atoms with van der Waals surface area (Å²) >= 11 is 0. The van der Waals surface area contributed by atoms with Crippen LogP contribution >= 0.6 is 0 Å². The Kier molecular flexibility index (Phi) is 4.50. The molecule has 0 N–H and O–H groups in total. The van der Waals surface area contributed by atoms with Crippen molar-refractivity contribution in [1.82, 2.24) is 15.0 Å². The molecule has 0 fully saturated rings. The molecule has 0 atom stereocenters. The van der Waals surface area contributed by atoms with Gasteiger partial charge in [-0.2, -0.15) is 4.98 Å². The Balaban J connectivity index is 1.79. The summed E-state index contributed by atoms with van der Waals surface area (Å²) in [5.74, 6) is 1.14. The Bertz CT molecular complexity index is 1010. The van der Waals surface area contributed by atoms with Crippen molar-refractivity contribution in [1.29, 1.82) is 0 Å². The van der Waals surface area contributed by atoms with Crippen molar-refractivity contribution >= 4 is 5.69 Å². The molecule has 0 saturated carbocycles. The van der Waals surface area contributed by atoms with E-state index in [-0.39, 0.29) is 11.4 Å². The van der Waals surface area contributed by atoms with Gasteiger partial charge in [0.15, 0.2) is 5.82 Å². The van der Waals surface area contributed by atoms with Crippen molar-refractivity contribution in [3.05, 3.63) is 69.7 Å². The second-order valence-electron chi connectivity index (χ2n) is 6.38. The number of hydrogen-bond acceptors (Lipinski definition) is 6. The molecule has 1 aliphatic rings. The van der Waals surface area contributed by atoms with Gasteiger partial charge in [-0.3, -0.25) is 15.1 Å². The van der Waals surface area contributed by atoms with Crippen LogP contribution in [0.3, 0.4) is 0 Å². The van der Waals surface area contributed by atoms with Gasteiger partial charge in [-0.05, 0) is 49.4 Å². The predicted molar refractivity (Wildman–Crippen MR) is 99.8 cm³/mol. The Labute approximate surface area is 156 Å². The molecule has 1 aromatic carbocycles. The maximum Gasteiger partial charge on any atom is 0.311 e. The highest BCUT2D eigenvalue weighted by Crippen LogP contribution is 2.37. The van der Waals surface area contributed by atoms with Gasteiger partial charge in [-0.1, -0.05) is 13.0 Å². The average molecular weight is 362 g/mol. The number of pyridine rings is 1. The van der Waals surface area contributed by atoms with Crippen LogP contribution in [0.1, 0.15) is 30.2 Å². The number of aryl methyl sites for hydroxylation is 2. The highest BCUT2D eigenvalue weighted by atomic mass is 16.6. The molecule has 2 heterocycles. The minimum atomic E-state index is -0.417. The van der Waals surface area contributed by atoms with Gasteiger partial charge in [-0.25, -0.2) is 4.98 Å². The first-order chi connectivity index (χ1) is 13.2. The zero-order chi connectivity index (χ0) is 18.8. The molecule has 2 aromatic heterocycles. The Hall–Kier alpha value is -3.35. The van der Waals surface area contributed by atoms with Crippen LogP contribution < -0.4 is 4.74 Å². The fraction of sp³-hybridized carbons (Fsp3) is 0.250. The first kappa shape index (κ1) is 17.1. The molecule has 0 bridgehead atoms. The van der Waals surface area contributed by atoms with Crippen molar-refractivity contribution in [2.24, 2.45) is 0 Å². The molecular weight excluding hydrogens is 344 g/mol. The molecule has 7 nitrogen and oxygen atoms in total. The maximum absolute atomic E-state index is 11.5. The van der Waals surface area contributed by atoms with Gasteiger partial charge in [0, 0.05) is 29.6 Å². The van der Waals surface area contributed by atoms with Crippen LogP contribution in [-0.2, 0) is 19.3 Å². The standard InChI is InChI=1S/C20H18N4O3/c1-2-13-6-7-18(17(12-13)24(25)26)27-20-15-4-3-5-16(15)22-19(23-20)14-8-10-21-11-9-14/h6-12H,2-5H2,1H3. The monoisotopic (exact) mass is 362 g/mol. The van der Waals surface area contributed by atoms with Crippen LogP contribution in [0.15, 0.2) is 42.7 Å². The van der Waals surface area contributed by atoms with Gasteiger partial charge in [0.25, 0.3) is 0 Å². The molecule has 4 rings (SSSR count). The second kappa shape index (κ2) is 7.11. The van der Waals surface area contributed by atoms with Gasteiger partial charge in [-0.15, -0.1) is 0 Å². The molecule has 7 heteroatoms. The first-order valence-electron chi connectivity index (χ1n) is 8.91. The van der Waals surface area contributed by atoms with Crippen LogP contribution in [0.4, 0.5) is 5.69 Å². The van der Waals surface area contributed by atoms with E-state index in [4.69, 9.17) is 4.74 Å². The molecule has 3 aromatic rings. The zero-order valence-electron chi connectivity index (χ0n) is 14.9. The zero-order valence-corrected chi connectivity index (χ0v) is 14.9. The minimum absolute atomic E-state index is 0.0508. The van der Waals surface area contributed by atoms with Crippen molar-refractivity contribution in [3.63, 3.8) is 0 Å². The summed E-state index contributed by atoms with van der Waals surface area (Å²) in [4.78, 5) is 24.3. The topological polar surface area (TPSA) is 91.0 Å². The lowest BCUT2D eigenvalue weighted by Crippen LogP contribution is -2.02. The molecular formula is C20H18N4O3. The number of rotatable bonds is 5. The average Bonchev–Trinajstić information content (AvgIpc) is 3.18. The van der Waals surface area contributed by atoms with E-state index in [9.17, 15) is 10.1 Å². The van der Waals surface area contributed by atoms with E-state index in [2.05, 4.69) is 15.0 Å². The van der Waals surface area contributed by atoms with E-state index in [0.717, 1.165) is 48.1 Å². The van der Waals surface area contributed by atoms with Gasteiger partial charge in [0.05, 0.1) is 10.6 Å². The van der Waals surface area contributed by atoms with Crippen LogP contribution in [0, 0.1) is 10.1 Å². The summed E-state index contributed by atoms with van der Waals surface area (Å²) in [5, 5.41) is 11.5. The Morgan fingerprint density at radius 1 is 1.15 bits per heavy atom. The van der Waals surface area contributed by atoms with Gasteiger partial charge < -0.3 is 4.74 Å². The van der Waals surface area contributed by atoms with Crippen molar-refractivity contribution < 1.29 is 9.66 Å². The molecule has 136 valence electrons. The molecule has 0 spiro atoms. The van der Waals surface area contributed by atoms with E-state index >= 15 is 0 Å². The van der Waals surface area contributed by atoms with E-state index in [0.29, 0.717) is 11.7 Å². The van der Waals surface area contributed by atoms with Crippen LogP contribution in [0.5, 0.6) is 11.6 Å². The third-order valence-corrected chi connectivity index (χ3v) is 4.67. The molecule has 0 radical (unpaired) electrons. The molecule has 0 amide bonds. The third-order valence-electron chi connectivity index (χ3n) is 4.67. The SMILES string of the molecule is CCc1ccc(Oc2nc(-c3ccncc3)nc3c2CCC3)c([N+](=O)[O-])c1. The lowest BCUT2D eigenvalue weighted by Gasteiger charge is -2.12. The summed E-state index contributed by atoms with van der Waals surface area (Å²) in [6.45, 7) is 1.96. The lowest BCUT2D eigenvalue weighted by atomic mass is 10.1. The third kappa shape index (κ3) is 3.36. The maximum atomic E-state index is 11.5. The Morgan fingerprint density at radius 2 is 1.96 bits per heavy atom. The normalized spacial score (nSPS) is 12.6. The van der Waals surface area contributed by atoms with E-state index in [1.807, 2.05) is 25.1 Å². The van der Waals surface area contributed by atoms with Gasteiger partial charge in [0.1, 0.15) is 0 Å². The largest absolute Gasteiger partial charge is 0.431 e. The van der Waals surface area contributed by atoms with Crippen LogP contribution in [0.25, 0.3) is 11.4 Å². The van der Waals surface area contributed by atoms with Gasteiger partial charge >= 0.3 is 5.69 Å². The van der Waals surface area contributed by atoms with Gasteiger partial charge in [0.2, 0.25) is 11.6 Å². The van der Waals surface area contributed by atoms with Crippen LogP contribution in [0.2, 0.25) is 0 Å². The highest BCUT2D eigenvalue weighted by Gasteiger charge is 2.24. The number of fused-ring (bicyclic) bond motifs is 1. The van der Waals surface area contributed by atoms with E-state index in [1.165, 1.54) is 0 Å². The number of aromatic nitrogens is 3. The molecule has 0 aliphatic heterocycles. The molecule has 1 aliphatic carbocycles. The number of hydrogen-bond donors (Lipinski definition) is 0. The van der Waals surface area contributed by atoms with Crippen molar-refractivity contribution in [2.45, 2.75) is 32.6 Å². The summed E-state index contributed by atoms with van der Waals surface area (Å²) in [6, 6.07) is 8.71. The van der Waals surface area contributed by atoms with E-state index in [1.54, 1.807) is 24.5 Å². The molecule has 0 saturated heterocycles. The highest BCUT2D eigenvalue weighted by molar-refractivity contribution is 5.57. The summed E-state index contributed by atoms with van der Waals surface area (Å²) < 4.78 is 5.97. The number of nitro groups is 1. The quantitative estimate of drug-likeness (QED) is 0.497. The van der Waals surface area contributed by atoms with Crippen molar-refractivity contribution in [2.75, 3.05) is 0 Å². The Morgan fingerprint density at radius 3 is 2.70 bits per heavy atom. The molecule has 27 heavy (non-hydrogen) atoms.